The summed E-state index contributed by atoms with van der Waals surface area (Å²) in [5.41, 5.74) is 15.0. The Morgan fingerprint density at radius 2 is 2.07 bits per heavy atom. The Hall–Kier alpha value is -2.99. The second-order valence-corrected chi connectivity index (χ2v) is 7.07. The molecule has 2 aromatic rings. The van der Waals surface area contributed by atoms with Crippen LogP contribution in [0.3, 0.4) is 0 Å². The van der Waals surface area contributed by atoms with Gasteiger partial charge in [0, 0.05) is 17.3 Å². The number of methoxy groups -OCH3 is 1. The van der Waals surface area contributed by atoms with Crippen molar-refractivity contribution in [2.24, 2.45) is 16.5 Å². The molecule has 4 N–H and O–H groups in total. The molecule has 2 aliphatic rings. The van der Waals surface area contributed by atoms with Gasteiger partial charge in [-0.25, -0.2) is 9.98 Å². The molecule has 0 bridgehead atoms. The molecule has 2 atom stereocenters. The lowest BCUT2D eigenvalue weighted by Gasteiger charge is -2.31. The van der Waals surface area contributed by atoms with Gasteiger partial charge < -0.3 is 21.1 Å². The fraction of sp³-hybridized carbons (Fsp3) is 0.158. The lowest BCUT2D eigenvalue weighted by atomic mass is 10.2. The maximum atomic E-state index is 6.52. The first-order valence-corrected chi connectivity index (χ1v) is 9.11. The topological polar surface area (TPSA) is 93.0 Å². The van der Waals surface area contributed by atoms with E-state index in [0.29, 0.717) is 5.88 Å². The van der Waals surface area contributed by atoms with E-state index in [0.717, 1.165) is 27.7 Å². The van der Waals surface area contributed by atoms with Gasteiger partial charge >= 0.3 is 0 Å². The number of aromatic nitrogens is 1. The zero-order valence-electron chi connectivity index (χ0n) is 14.6. The van der Waals surface area contributed by atoms with Crippen LogP contribution in [0.25, 0.3) is 0 Å². The van der Waals surface area contributed by atoms with Crippen molar-refractivity contribution in [3.05, 3.63) is 58.9 Å². The zero-order chi connectivity index (χ0) is 19.0. The lowest BCUT2D eigenvalue weighted by molar-refractivity contribution is 0.398. The van der Waals surface area contributed by atoms with Gasteiger partial charge in [-0.3, -0.25) is 4.90 Å². The molecule has 7 nitrogen and oxygen atoms in total. The zero-order valence-corrected chi connectivity index (χ0v) is 15.4. The van der Waals surface area contributed by atoms with Crippen molar-refractivity contribution in [2.45, 2.75) is 11.7 Å². The summed E-state index contributed by atoms with van der Waals surface area (Å²) in [5.74, 6) is 3.91. The average Bonchev–Trinajstić information content (AvgIpc) is 3.05. The molecule has 3 heterocycles. The molecule has 0 saturated carbocycles. The Balaban J connectivity index is 1.66. The number of aliphatic imine (C=N–C) groups is 1. The number of hydrogen-bond donors (Lipinski definition) is 2. The number of terminal acetylenes is 1. The molecular weight excluding hydrogens is 360 g/mol. The predicted octanol–water partition coefficient (Wildman–Crippen LogP) is 1.87. The second kappa shape index (κ2) is 6.96. The van der Waals surface area contributed by atoms with E-state index < -0.39 is 6.17 Å². The van der Waals surface area contributed by atoms with E-state index in [9.17, 15) is 0 Å². The first-order valence-electron chi connectivity index (χ1n) is 8.23. The maximum Gasteiger partial charge on any atom is 0.213 e. The van der Waals surface area contributed by atoms with E-state index in [1.807, 2.05) is 40.1 Å². The normalized spacial score (nSPS) is 21.3. The summed E-state index contributed by atoms with van der Waals surface area (Å²) in [6.07, 6.45) is 8.52. The van der Waals surface area contributed by atoms with Crippen LogP contribution in [0, 0.1) is 12.3 Å². The van der Waals surface area contributed by atoms with Crippen LogP contribution >= 0.6 is 11.8 Å². The molecule has 27 heavy (non-hydrogen) atoms. The highest BCUT2D eigenvalue weighted by Gasteiger charge is 2.38. The van der Waals surface area contributed by atoms with Crippen molar-refractivity contribution >= 4 is 29.5 Å². The van der Waals surface area contributed by atoms with Crippen LogP contribution in [0.15, 0.2) is 58.3 Å². The minimum atomic E-state index is -0.405. The monoisotopic (exact) mass is 378 g/mol. The fourth-order valence-electron chi connectivity index (χ4n) is 3.01. The summed E-state index contributed by atoms with van der Waals surface area (Å²) >= 11 is 1.48. The summed E-state index contributed by atoms with van der Waals surface area (Å²) in [7, 11) is 1.58. The second-order valence-electron chi connectivity index (χ2n) is 5.92. The van der Waals surface area contributed by atoms with Crippen molar-refractivity contribution < 1.29 is 4.74 Å². The largest absolute Gasteiger partial charge is 0.481 e. The predicted molar refractivity (Wildman–Crippen MR) is 109 cm³/mol. The number of anilines is 2. The van der Waals surface area contributed by atoms with Gasteiger partial charge in [-0.15, -0.1) is 6.42 Å². The standard InChI is InChI=1S/C19H18N6OS/c1-3-12-5-4-6-13(9-12)24-11-23-18-16(17(24)20)27-19(21)25(18)14-7-8-15(26-2)22-10-14/h1,4-11,17,19H,20-21H2,2H3. The lowest BCUT2D eigenvalue weighted by Crippen LogP contribution is -2.44. The number of thioether (sulfide) groups is 1. The third-order valence-corrected chi connectivity index (χ3v) is 5.47. The van der Waals surface area contributed by atoms with Crippen molar-refractivity contribution in [2.75, 3.05) is 16.9 Å². The molecule has 2 aliphatic heterocycles. The van der Waals surface area contributed by atoms with Crippen molar-refractivity contribution in [1.82, 2.24) is 4.98 Å². The molecule has 136 valence electrons. The minimum absolute atomic E-state index is 0.342. The van der Waals surface area contributed by atoms with Gasteiger partial charge in [-0.05, 0) is 24.3 Å². The Labute approximate surface area is 161 Å². The van der Waals surface area contributed by atoms with E-state index >= 15 is 0 Å². The minimum Gasteiger partial charge on any atom is -0.481 e. The summed E-state index contributed by atoms with van der Waals surface area (Å²) in [5, 5.41) is 0. The molecule has 0 amide bonds. The third kappa shape index (κ3) is 3.02. The van der Waals surface area contributed by atoms with E-state index in [-0.39, 0.29) is 5.50 Å². The Morgan fingerprint density at radius 3 is 2.78 bits per heavy atom. The van der Waals surface area contributed by atoms with Crippen LogP contribution in [0.2, 0.25) is 0 Å². The van der Waals surface area contributed by atoms with Crippen LogP contribution in [-0.2, 0) is 0 Å². The number of nitrogens with zero attached hydrogens (tertiary/aromatic N) is 4. The number of benzene rings is 1. The number of hydrogen-bond acceptors (Lipinski definition) is 8. The number of rotatable bonds is 3. The highest BCUT2D eigenvalue weighted by atomic mass is 32.2. The smallest absolute Gasteiger partial charge is 0.213 e. The average molecular weight is 378 g/mol. The highest BCUT2D eigenvalue weighted by Crippen LogP contribution is 2.43. The molecule has 0 saturated heterocycles. The molecule has 0 radical (unpaired) electrons. The summed E-state index contributed by atoms with van der Waals surface area (Å²) in [4.78, 5) is 13.6. The van der Waals surface area contributed by atoms with Crippen molar-refractivity contribution in [1.29, 1.82) is 0 Å². The Bertz CT molecular complexity index is 965. The molecule has 2 unspecified atom stereocenters. The first kappa shape index (κ1) is 17.4. The number of pyridine rings is 1. The molecule has 4 rings (SSSR count). The molecule has 1 aromatic carbocycles. The van der Waals surface area contributed by atoms with E-state index in [1.165, 1.54) is 11.8 Å². The molecule has 0 spiro atoms. The number of nitrogens with two attached hydrogens (primary N) is 2. The molecule has 8 heteroatoms. The SMILES string of the molecule is C#Cc1cccc(N2C=NC3=C(SC(N)N3c3ccc(OC)nc3)C2N)c1. The quantitative estimate of drug-likeness (QED) is 0.788. The maximum absolute atomic E-state index is 6.52. The molecule has 0 fully saturated rings. The number of ether oxygens (including phenoxy) is 1. The van der Waals surface area contributed by atoms with Gasteiger partial charge in [-0.1, -0.05) is 23.7 Å². The van der Waals surface area contributed by atoms with Crippen molar-refractivity contribution in [3.8, 4) is 18.2 Å². The first-order chi connectivity index (χ1) is 13.1. The highest BCUT2D eigenvalue weighted by molar-refractivity contribution is 8.04. The Kier molecular flexibility index (Phi) is 4.49. The van der Waals surface area contributed by atoms with Gasteiger partial charge in [0.05, 0.1) is 30.2 Å². The van der Waals surface area contributed by atoms with Crippen molar-refractivity contribution in [3.63, 3.8) is 0 Å². The van der Waals surface area contributed by atoms with E-state index in [2.05, 4.69) is 15.9 Å². The van der Waals surface area contributed by atoms with Gasteiger partial charge in [-0.2, -0.15) is 0 Å². The van der Waals surface area contributed by atoms with Gasteiger partial charge in [0.2, 0.25) is 5.88 Å². The van der Waals surface area contributed by atoms with Crippen LogP contribution in [0.4, 0.5) is 11.4 Å². The third-order valence-electron chi connectivity index (χ3n) is 4.34. The molecule has 1 aromatic heterocycles. The van der Waals surface area contributed by atoms with Crippen LogP contribution < -0.4 is 26.0 Å². The van der Waals surface area contributed by atoms with Gasteiger partial charge in [0.15, 0.2) is 0 Å². The van der Waals surface area contributed by atoms with Gasteiger partial charge in [0.25, 0.3) is 0 Å². The summed E-state index contributed by atoms with van der Waals surface area (Å²) in [6, 6.07) is 11.3. The van der Waals surface area contributed by atoms with E-state index in [1.54, 1.807) is 25.7 Å². The molecular formula is C19H18N6OS. The summed E-state index contributed by atoms with van der Waals surface area (Å²) in [6.45, 7) is 0. The van der Waals surface area contributed by atoms with Crippen LogP contribution in [0.1, 0.15) is 5.56 Å². The van der Waals surface area contributed by atoms with Crippen LogP contribution in [-0.4, -0.2) is 30.1 Å². The van der Waals surface area contributed by atoms with Gasteiger partial charge in [0.1, 0.15) is 17.5 Å². The van der Waals surface area contributed by atoms with Crippen LogP contribution in [0.5, 0.6) is 5.88 Å². The summed E-state index contributed by atoms with van der Waals surface area (Å²) < 4.78 is 5.12. The fourth-order valence-corrected chi connectivity index (χ4v) is 4.10. The molecule has 0 aliphatic carbocycles. The van der Waals surface area contributed by atoms with E-state index in [4.69, 9.17) is 22.6 Å². The Morgan fingerprint density at radius 1 is 1.22 bits per heavy atom.